The second-order valence-electron chi connectivity index (χ2n) is 6.64. The zero-order valence-electron chi connectivity index (χ0n) is 16.6. The van der Waals surface area contributed by atoms with Gasteiger partial charge in [0.25, 0.3) is 0 Å². The molecule has 152 valence electrons. The maximum atomic E-state index is 12.4. The largest absolute Gasteiger partial charge is 0.493 e. The van der Waals surface area contributed by atoms with E-state index >= 15 is 0 Å². The lowest BCUT2D eigenvalue weighted by molar-refractivity contribution is -0.121. The molecule has 1 aliphatic heterocycles. The molecule has 7 nitrogen and oxygen atoms in total. The van der Waals surface area contributed by atoms with E-state index in [-0.39, 0.29) is 11.9 Å². The molecule has 1 amide bonds. The van der Waals surface area contributed by atoms with Crippen LogP contribution in [0.2, 0.25) is 0 Å². The van der Waals surface area contributed by atoms with Crippen LogP contribution >= 0.6 is 11.3 Å². The number of methoxy groups -OCH3 is 3. The highest BCUT2D eigenvalue weighted by molar-refractivity contribution is 7.13. The van der Waals surface area contributed by atoms with Crippen molar-refractivity contribution in [3.05, 3.63) is 29.3 Å². The van der Waals surface area contributed by atoms with Gasteiger partial charge in [0.05, 0.1) is 21.3 Å². The predicted octanol–water partition coefficient (Wildman–Crippen LogP) is 2.89. The van der Waals surface area contributed by atoms with E-state index in [1.807, 2.05) is 23.7 Å². The number of rotatable bonds is 8. The number of anilines is 1. The van der Waals surface area contributed by atoms with Crippen molar-refractivity contribution in [3.8, 4) is 17.2 Å². The highest BCUT2D eigenvalue weighted by atomic mass is 32.1. The first-order valence-corrected chi connectivity index (χ1v) is 10.3. The third kappa shape index (κ3) is 4.67. The fourth-order valence-corrected chi connectivity index (χ4v) is 4.19. The SMILES string of the molecule is COc1ccc(CCC(=O)NC2CCN(c3nccs3)CC2)c(OC)c1OC. The number of piperidine rings is 1. The quantitative estimate of drug-likeness (QED) is 0.728. The Bertz CT molecular complexity index is 774. The number of carbonyl (C=O) groups excluding carboxylic acids is 1. The Hall–Kier alpha value is -2.48. The molecule has 0 radical (unpaired) electrons. The lowest BCUT2D eigenvalue weighted by Crippen LogP contribution is -2.44. The van der Waals surface area contributed by atoms with Crippen molar-refractivity contribution in [2.75, 3.05) is 39.3 Å². The number of benzene rings is 1. The van der Waals surface area contributed by atoms with Gasteiger partial charge in [-0.25, -0.2) is 4.98 Å². The van der Waals surface area contributed by atoms with Crippen molar-refractivity contribution >= 4 is 22.4 Å². The van der Waals surface area contributed by atoms with E-state index in [2.05, 4.69) is 15.2 Å². The van der Waals surface area contributed by atoms with E-state index in [0.717, 1.165) is 36.6 Å². The summed E-state index contributed by atoms with van der Waals surface area (Å²) in [7, 11) is 4.76. The second-order valence-corrected chi connectivity index (χ2v) is 7.51. The van der Waals surface area contributed by atoms with Crippen LogP contribution in [-0.2, 0) is 11.2 Å². The van der Waals surface area contributed by atoms with Crippen LogP contribution < -0.4 is 24.4 Å². The fraction of sp³-hybridized carbons (Fsp3) is 0.500. The Morgan fingerprint density at radius 3 is 2.54 bits per heavy atom. The Morgan fingerprint density at radius 2 is 1.93 bits per heavy atom. The van der Waals surface area contributed by atoms with Gasteiger partial charge in [0, 0.05) is 37.1 Å². The molecule has 0 atom stereocenters. The van der Waals surface area contributed by atoms with Gasteiger partial charge < -0.3 is 24.4 Å². The normalized spacial score (nSPS) is 14.6. The van der Waals surface area contributed by atoms with Crippen molar-refractivity contribution in [3.63, 3.8) is 0 Å². The summed E-state index contributed by atoms with van der Waals surface area (Å²) < 4.78 is 16.2. The minimum Gasteiger partial charge on any atom is -0.493 e. The van der Waals surface area contributed by atoms with Crippen molar-refractivity contribution in [1.82, 2.24) is 10.3 Å². The van der Waals surface area contributed by atoms with E-state index in [0.29, 0.717) is 30.1 Å². The van der Waals surface area contributed by atoms with Crippen LogP contribution in [0.3, 0.4) is 0 Å². The van der Waals surface area contributed by atoms with Crippen LogP contribution in [0.25, 0.3) is 0 Å². The van der Waals surface area contributed by atoms with Crippen molar-refractivity contribution in [2.45, 2.75) is 31.7 Å². The molecule has 8 heteroatoms. The first-order chi connectivity index (χ1) is 13.7. The first kappa shape index (κ1) is 20.3. The Kier molecular flexibility index (Phi) is 6.97. The minimum atomic E-state index is 0.0598. The average molecular weight is 406 g/mol. The summed E-state index contributed by atoms with van der Waals surface area (Å²) in [6.45, 7) is 1.84. The Morgan fingerprint density at radius 1 is 1.18 bits per heavy atom. The minimum absolute atomic E-state index is 0.0598. The van der Waals surface area contributed by atoms with E-state index in [1.54, 1.807) is 32.7 Å². The monoisotopic (exact) mass is 405 g/mol. The van der Waals surface area contributed by atoms with Gasteiger partial charge in [-0.15, -0.1) is 11.3 Å². The number of aryl methyl sites for hydroxylation is 1. The van der Waals surface area contributed by atoms with Gasteiger partial charge in [-0.3, -0.25) is 4.79 Å². The molecule has 1 aliphatic rings. The van der Waals surface area contributed by atoms with Gasteiger partial charge in [-0.1, -0.05) is 6.07 Å². The van der Waals surface area contributed by atoms with Gasteiger partial charge >= 0.3 is 0 Å². The van der Waals surface area contributed by atoms with Gasteiger partial charge in [-0.2, -0.15) is 0 Å². The number of aromatic nitrogens is 1. The van der Waals surface area contributed by atoms with Crippen molar-refractivity contribution in [2.24, 2.45) is 0 Å². The first-order valence-electron chi connectivity index (χ1n) is 9.38. The van der Waals surface area contributed by atoms with E-state index in [1.165, 1.54) is 0 Å². The van der Waals surface area contributed by atoms with E-state index in [9.17, 15) is 4.79 Å². The average Bonchev–Trinajstić information content (AvgIpc) is 3.26. The molecule has 0 saturated carbocycles. The summed E-state index contributed by atoms with van der Waals surface area (Å²) in [5.41, 5.74) is 0.925. The number of nitrogens with one attached hydrogen (secondary N) is 1. The highest BCUT2D eigenvalue weighted by Crippen LogP contribution is 2.40. The lowest BCUT2D eigenvalue weighted by atomic mass is 10.0. The number of hydrogen-bond acceptors (Lipinski definition) is 7. The van der Waals surface area contributed by atoms with Crippen molar-refractivity contribution < 1.29 is 19.0 Å². The molecule has 0 spiro atoms. The summed E-state index contributed by atoms with van der Waals surface area (Å²) in [5.74, 6) is 1.84. The molecular weight excluding hydrogens is 378 g/mol. The van der Waals surface area contributed by atoms with E-state index < -0.39 is 0 Å². The maximum absolute atomic E-state index is 12.4. The van der Waals surface area contributed by atoms with Crippen LogP contribution in [-0.4, -0.2) is 51.4 Å². The highest BCUT2D eigenvalue weighted by Gasteiger charge is 2.22. The van der Waals surface area contributed by atoms with Gasteiger partial charge in [0.15, 0.2) is 16.6 Å². The summed E-state index contributed by atoms with van der Waals surface area (Å²) in [6, 6.07) is 3.97. The molecule has 2 heterocycles. The summed E-state index contributed by atoms with van der Waals surface area (Å²) in [5, 5.41) is 6.22. The zero-order chi connectivity index (χ0) is 19.9. The molecule has 0 bridgehead atoms. The Balaban J connectivity index is 1.51. The fourth-order valence-electron chi connectivity index (χ4n) is 3.50. The molecule has 2 aromatic rings. The number of carbonyl (C=O) groups is 1. The van der Waals surface area contributed by atoms with Crippen LogP contribution in [0.5, 0.6) is 17.2 Å². The smallest absolute Gasteiger partial charge is 0.220 e. The number of hydrogen-bond donors (Lipinski definition) is 1. The number of amides is 1. The summed E-state index contributed by atoms with van der Waals surface area (Å²) in [6.07, 6.45) is 4.68. The third-order valence-corrected chi connectivity index (χ3v) is 5.79. The van der Waals surface area contributed by atoms with Gasteiger partial charge in [0.1, 0.15) is 0 Å². The Labute approximate surface area is 169 Å². The number of thiazole rings is 1. The topological polar surface area (TPSA) is 72.9 Å². The molecule has 1 aromatic heterocycles. The summed E-state index contributed by atoms with van der Waals surface area (Å²) in [4.78, 5) is 19.1. The molecule has 1 saturated heterocycles. The van der Waals surface area contributed by atoms with Crippen LogP contribution in [0.4, 0.5) is 5.13 Å². The van der Waals surface area contributed by atoms with E-state index in [4.69, 9.17) is 14.2 Å². The summed E-state index contributed by atoms with van der Waals surface area (Å²) >= 11 is 1.66. The molecule has 1 aromatic carbocycles. The van der Waals surface area contributed by atoms with Gasteiger partial charge in [0.2, 0.25) is 11.7 Å². The molecule has 3 rings (SSSR count). The number of ether oxygens (including phenoxy) is 3. The third-order valence-electron chi connectivity index (χ3n) is 4.96. The standard InChI is InChI=1S/C20H27N3O4S/c1-25-16-6-4-14(18(26-2)19(16)27-3)5-7-17(24)22-15-8-11-23(12-9-15)20-21-10-13-28-20/h4,6,10,13,15H,5,7-9,11-12H2,1-3H3,(H,22,24). The predicted molar refractivity (Wildman–Crippen MR) is 110 cm³/mol. The number of nitrogens with zero attached hydrogens (tertiary/aromatic N) is 2. The zero-order valence-corrected chi connectivity index (χ0v) is 17.4. The van der Waals surface area contributed by atoms with Crippen molar-refractivity contribution in [1.29, 1.82) is 0 Å². The molecule has 1 N–H and O–H groups in total. The molecule has 1 fully saturated rings. The second kappa shape index (κ2) is 9.64. The van der Waals surface area contributed by atoms with Crippen LogP contribution in [0, 0.1) is 0 Å². The molecular formula is C20H27N3O4S. The van der Waals surface area contributed by atoms with Gasteiger partial charge in [-0.05, 0) is 30.9 Å². The molecule has 28 heavy (non-hydrogen) atoms. The van der Waals surface area contributed by atoms with Crippen LogP contribution in [0.15, 0.2) is 23.7 Å². The van der Waals surface area contributed by atoms with Crippen LogP contribution in [0.1, 0.15) is 24.8 Å². The molecule has 0 aliphatic carbocycles. The lowest BCUT2D eigenvalue weighted by Gasteiger charge is -2.32. The maximum Gasteiger partial charge on any atom is 0.220 e. The molecule has 0 unspecified atom stereocenters.